The maximum atomic E-state index is 12.7. The van der Waals surface area contributed by atoms with Gasteiger partial charge in [0.25, 0.3) is 5.91 Å². The van der Waals surface area contributed by atoms with E-state index >= 15 is 0 Å². The van der Waals surface area contributed by atoms with Gasteiger partial charge in [-0.25, -0.2) is 4.68 Å². The van der Waals surface area contributed by atoms with Crippen LogP contribution in [0.4, 0.5) is 0 Å². The molecule has 1 heterocycles. The number of hydrogen-bond acceptors (Lipinski definition) is 3. The highest BCUT2D eigenvalue weighted by molar-refractivity contribution is 6.32. The van der Waals surface area contributed by atoms with Gasteiger partial charge in [-0.2, -0.15) is 5.10 Å². The number of nitrogens with zero attached hydrogens (tertiary/aromatic N) is 2. The van der Waals surface area contributed by atoms with Crippen molar-refractivity contribution in [2.75, 3.05) is 0 Å². The van der Waals surface area contributed by atoms with Crippen molar-refractivity contribution in [2.24, 2.45) is 0 Å². The summed E-state index contributed by atoms with van der Waals surface area (Å²) in [7, 11) is 0. The van der Waals surface area contributed by atoms with Crippen LogP contribution in [0.3, 0.4) is 0 Å². The lowest BCUT2D eigenvalue weighted by Gasteiger charge is -2.18. The molecule has 0 aliphatic rings. The van der Waals surface area contributed by atoms with Gasteiger partial charge in [0.05, 0.1) is 11.1 Å². The molecule has 0 radical (unpaired) electrons. The zero-order valence-electron chi connectivity index (χ0n) is 17.6. The Balaban J connectivity index is 1.61. The first-order chi connectivity index (χ1) is 14.5. The Hall–Kier alpha value is -2.79. The van der Waals surface area contributed by atoms with Crippen molar-refractivity contribution in [1.82, 2.24) is 15.1 Å². The fourth-order valence-electron chi connectivity index (χ4n) is 3.20. The van der Waals surface area contributed by atoms with Gasteiger partial charge in [0, 0.05) is 6.20 Å². The van der Waals surface area contributed by atoms with Gasteiger partial charge in [-0.05, 0) is 48.1 Å². The van der Waals surface area contributed by atoms with Crippen molar-refractivity contribution in [3.63, 3.8) is 0 Å². The van der Waals surface area contributed by atoms with E-state index in [1.165, 1.54) is 5.56 Å². The van der Waals surface area contributed by atoms with E-state index in [2.05, 4.69) is 55.5 Å². The number of halogens is 1. The Morgan fingerprint density at radius 3 is 2.43 bits per heavy atom. The summed E-state index contributed by atoms with van der Waals surface area (Å²) in [6.45, 7) is 6.64. The van der Waals surface area contributed by atoms with Crippen LogP contribution in [0.1, 0.15) is 67.2 Å². The van der Waals surface area contributed by atoms with Crippen molar-refractivity contribution in [3.05, 3.63) is 82.6 Å². The maximum Gasteiger partial charge on any atom is 0.272 e. The van der Waals surface area contributed by atoms with E-state index in [9.17, 15) is 4.79 Å². The number of hydrogen-bond donors (Lipinski definition) is 1. The zero-order valence-corrected chi connectivity index (χ0v) is 18.4. The van der Waals surface area contributed by atoms with Crippen molar-refractivity contribution in [2.45, 2.75) is 52.3 Å². The van der Waals surface area contributed by atoms with Crippen LogP contribution in [0.5, 0.6) is 5.75 Å². The summed E-state index contributed by atoms with van der Waals surface area (Å²) >= 11 is 6.09. The van der Waals surface area contributed by atoms with E-state index in [0.29, 0.717) is 22.4 Å². The summed E-state index contributed by atoms with van der Waals surface area (Å²) in [6.07, 6.45) is 3.62. The van der Waals surface area contributed by atoms with Crippen LogP contribution in [-0.4, -0.2) is 15.7 Å². The molecule has 30 heavy (non-hydrogen) atoms. The second-order valence-corrected chi connectivity index (χ2v) is 7.76. The molecule has 0 spiro atoms. The highest BCUT2D eigenvalue weighted by Crippen LogP contribution is 2.24. The normalized spacial score (nSPS) is 12.9. The van der Waals surface area contributed by atoms with Crippen molar-refractivity contribution in [3.8, 4) is 5.75 Å². The highest BCUT2D eigenvalue weighted by Gasteiger charge is 2.17. The third-order valence-electron chi connectivity index (χ3n) is 5.30. The summed E-state index contributed by atoms with van der Waals surface area (Å²) in [6, 6.07) is 17.4. The number of aromatic nitrogens is 2. The second-order valence-electron chi connectivity index (χ2n) is 7.35. The van der Waals surface area contributed by atoms with Gasteiger partial charge in [-0.15, -0.1) is 0 Å². The Kier molecular flexibility index (Phi) is 7.52. The monoisotopic (exact) mass is 425 g/mol. The van der Waals surface area contributed by atoms with Crippen LogP contribution in [0.25, 0.3) is 0 Å². The molecule has 3 rings (SSSR count). The first-order valence-corrected chi connectivity index (χ1v) is 10.7. The van der Waals surface area contributed by atoms with Crippen LogP contribution < -0.4 is 10.1 Å². The molecule has 0 aliphatic heterocycles. The number of nitrogens with one attached hydrogen (secondary N) is 1. The topological polar surface area (TPSA) is 56.2 Å². The molecule has 158 valence electrons. The third kappa shape index (κ3) is 5.42. The number of carbonyl (C=O) groups excluding carboxylic acids is 1. The molecule has 1 amide bonds. The number of amides is 1. The van der Waals surface area contributed by atoms with E-state index in [1.54, 1.807) is 29.1 Å². The Labute approximate surface area is 183 Å². The lowest BCUT2D eigenvalue weighted by molar-refractivity contribution is 0.0928. The fraction of sp³-hybridized carbons (Fsp3) is 0.333. The van der Waals surface area contributed by atoms with Gasteiger partial charge in [0.1, 0.15) is 11.4 Å². The van der Waals surface area contributed by atoms with Crippen LogP contribution in [0, 0.1) is 0 Å². The molecule has 0 saturated carbocycles. The maximum absolute atomic E-state index is 12.7. The summed E-state index contributed by atoms with van der Waals surface area (Å²) in [5.41, 5.74) is 2.77. The summed E-state index contributed by atoms with van der Waals surface area (Å²) < 4.78 is 7.23. The molecule has 0 fully saturated rings. The Morgan fingerprint density at radius 1 is 1.07 bits per heavy atom. The number of rotatable bonds is 9. The number of benzene rings is 2. The minimum absolute atomic E-state index is 0.0620. The average molecular weight is 426 g/mol. The average Bonchev–Trinajstić information content (AvgIpc) is 3.25. The second kappa shape index (κ2) is 10.3. The van der Waals surface area contributed by atoms with E-state index in [4.69, 9.17) is 16.3 Å². The predicted molar refractivity (Wildman–Crippen MR) is 120 cm³/mol. The van der Waals surface area contributed by atoms with Gasteiger partial charge in [0.2, 0.25) is 0 Å². The van der Waals surface area contributed by atoms with Crippen LogP contribution in [0.2, 0.25) is 5.02 Å². The smallest absolute Gasteiger partial charge is 0.272 e. The predicted octanol–water partition coefficient (Wildman–Crippen LogP) is 5.97. The molecular weight excluding hydrogens is 398 g/mol. The van der Waals surface area contributed by atoms with E-state index in [0.717, 1.165) is 18.4 Å². The molecule has 3 aromatic rings. The summed E-state index contributed by atoms with van der Waals surface area (Å²) in [5, 5.41) is 7.94. The molecule has 5 nitrogen and oxygen atoms in total. The third-order valence-corrected chi connectivity index (χ3v) is 5.61. The molecule has 1 N–H and O–H groups in total. The Morgan fingerprint density at radius 2 is 1.77 bits per heavy atom. The standard InChI is InChI=1S/C24H28ClN3O2/c1-4-17(3)18-10-12-19(13-11-18)21(5-2)26-24(29)22-14-15-28(27-22)16-30-23-9-7-6-8-20(23)25/h6-15,17,21H,4-5,16H2,1-3H3,(H,26,29). The van der Waals surface area contributed by atoms with Gasteiger partial charge < -0.3 is 10.1 Å². The molecule has 0 aliphatic carbocycles. The molecule has 2 atom stereocenters. The molecular formula is C24H28ClN3O2. The van der Waals surface area contributed by atoms with Gasteiger partial charge in [-0.3, -0.25) is 4.79 Å². The summed E-state index contributed by atoms with van der Waals surface area (Å²) in [5.74, 6) is 0.905. The molecule has 0 saturated heterocycles. The number of carbonyl (C=O) groups is 1. The van der Waals surface area contributed by atoms with Gasteiger partial charge >= 0.3 is 0 Å². The minimum atomic E-state index is -0.204. The fourth-order valence-corrected chi connectivity index (χ4v) is 3.39. The first-order valence-electron chi connectivity index (χ1n) is 10.3. The molecule has 1 aromatic heterocycles. The molecule has 2 aromatic carbocycles. The highest BCUT2D eigenvalue weighted by atomic mass is 35.5. The lowest BCUT2D eigenvalue weighted by atomic mass is 9.95. The molecule has 2 unspecified atom stereocenters. The Bertz CT molecular complexity index is 969. The first kappa shape index (κ1) is 21.9. The SMILES string of the molecule is CCC(C)c1ccc(C(CC)NC(=O)c2ccn(COc3ccccc3Cl)n2)cc1. The van der Waals surface area contributed by atoms with Gasteiger partial charge in [-0.1, -0.05) is 68.8 Å². The van der Waals surface area contributed by atoms with Crippen LogP contribution in [0.15, 0.2) is 60.8 Å². The number of ether oxygens (including phenoxy) is 1. The van der Waals surface area contributed by atoms with Crippen molar-refractivity contribution in [1.29, 1.82) is 0 Å². The molecule has 0 bridgehead atoms. The van der Waals surface area contributed by atoms with Crippen molar-refractivity contribution < 1.29 is 9.53 Å². The summed E-state index contributed by atoms with van der Waals surface area (Å²) in [4.78, 5) is 12.7. The van der Waals surface area contributed by atoms with Crippen LogP contribution >= 0.6 is 11.6 Å². The lowest BCUT2D eigenvalue weighted by Crippen LogP contribution is -2.28. The number of para-hydroxylation sites is 1. The van der Waals surface area contributed by atoms with E-state index in [-0.39, 0.29) is 18.7 Å². The van der Waals surface area contributed by atoms with E-state index in [1.807, 2.05) is 12.1 Å². The van der Waals surface area contributed by atoms with Crippen LogP contribution in [-0.2, 0) is 6.73 Å². The quantitative estimate of drug-likeness (QED) is 0.459. The van der Waals surface area contributed by atoms with Crippen molar-refractivity contribution >= 4 is 17.5 Å². The minimum Gasteiger partial charge on any atom is -0.470 e. The van der Waals surface area contributed by atoms with E-state index < -0.39 is 0 Å². The zero-order chi connectivity index (χ0) is 21.5. The molecule has 6 heteroatoms. The largest absolute Gasteiger partial charge is 0.470 e. The van der Waals surface area contributed by atoms with Gasteiger partial charge in [0.15, 0.2) is 6.73 Å².